The molecule has 0 saturated carbocycles. The average Bonchev–Trinajstić information content (AvgIpc) is 2.30. The van der Waals surface area contributed by atoms with Crippen molar-refractivity contribution < 1.29 is 22.7 Å². The van der Waals surface area contributed by atoms with Gasteiger partial charge in [0, 0.05) is 25.5 Å². The third-order valence-electron chi connectivity index (χ3n) is 2.09. The van der Waals surface area contributed by atoms with E-state index < -0.39 is 12.1 Å². The predicted octanol–water partition coefficient (Wildman–Crippen LogP) is 2.05. The van der Waals surface area contributed by atoms with Gasteiger partial charge in [0.15, 0.2) is 5.75 Å². The van der Waals surface area contributed by atoms with Crippen LogP contribution >= 0.6 is 0 Å². The van der Waals surface area contributed by atoms with Gasteiger partial charge in [-0.2, -0.15) is 0 Å². The first-order valence-corrected chi connectivity index (χ1v) is 5.66. The van der Waals surface area contributed by atoms with Crippen LogP contribution in [0.4, 0.5) is 18.9 Å². The molecular formula is C13H13F3N2O2. The number of nitrogens with one attached hydrogen (secondary N) is 1. The van der Waals surface area contributed by atoms with Gasteiger partial charge in [0.25, 0.3) is 0 Å². The van der Waals surface area contributed by atoms with Gasteiger partial charge in [-0.3, -0.25) is 4.79 Å². The second kappa shape index (κ2) is 6.70. The van der Waals surface area contributed by atoms with Gasteiger partial charge in [0.2, 0.25) is 5.91 Å². The number of hydrogen-bond acceptors (Lipinski definition) is 3. The maximum atomic E-state index is 12.0. The van der Waals surface area contributed by atoms with E-state index in [-0.39, 0.29) is 11.6 Å². The fraction of sp³-hybridized carbons (Fsp3) is 0.308. The topological polar surface area (TPSA) is 64.3 Å². The zero-order valence-electron chi connectivity index (χ0n) is 10.7. The second-order valence-electron chi connectivity index (χ2n) is 3.84. The van der Waals surface area contributed by atoms with E-state index in [1.54, 1.807) is 0 Å². The lowest BCUT2D eigenvalue weighted by molar-refractivity contribution is -0.274. The van der Waals surface area contributed by atoms with E-state index in [4.69, 9.17) is 5.73 Å². The molecule has 3 N–H and O–H groups in total. The Morgan fingerprint density at radius 2 is 2.15 bits per heavy atom. The summed E-state index contributed by atoms with van der Waals surface area (Å²) in [6, 6.07) is 3.79. The lowest BCUT2D eigenvalue weighted by atomic mass is 10.2. The number of rotatable bonds is 3. The van der Waals surface area contributed by atoms with Crippen molar-refractivity contribution in [2.75, 3.05) is 12.3 Å². The van der Waals surface area contributed by atoms with Gasteiger partial charge in [0.1, 0.15) is 0 Å². The average molecular weight is 286 g/mol. The molecule has 0 heterocycles. The van der Waals surface area contributed by atoms with Gasteiger partial charge < -0.3 is 15.8 Å². The van der Waals surface area contributed by atoms with Crippen LogP contribution in [0.15, 0.2) is 18.2 Å². The van der Waals surface area contributed by atoms with E-state index in [9.17, 15) is 18.0 Å². The Kier molecular flexibility index (Phi) is 5.26. The first kappa shape index (κ1) is 15.7. The molecule has 0 saturated heterocycles. The van der Waals surface area contributed by atoms with Crippen LogP contribution in [-0.4, -0.2) is 18.8 Å². The Labute approximate surface area is 114 Å². The zero-order valence-corrected chi connectivity index (χ0v) is 10.7. The highest BCUT2D eigenvalue weighted by Gasteiger charge is 2.31. The summed E-state index contributed by atoms with van der Waals surface area (Å²) in [6.45, 7) is 1.81. The minimum Gasteiger partial charge on any atom is -0.404 e. The van der Waals surface area contributed by atoms with Gasteiger partial charge in [-0.25, -0.2) is 0 Å². The van der Waals surface area contributed by atoms with Crippen molar-refractivity contribution in [2.45, 2.75) is 19.7 Å². The summed E-state index contributed by atoms with van der Waals surface area (Å²) in [4.78, 5) is 10.6. The molecule has 0 radical (unpaired) electrons. The van der Waals surface area contributed by atoms with Crippen molar-refractivity contribution in [1.29, 1.82) is 0 Å². The molecule has 0 unspecified atom stereocenters. The Hall–Kier alpha value is -2.36. The highest BCUT2D eigenvalue weighted by atomic mass is 19.4. The molecule has 0 fully saturated rings. The Balaban J connectivity index is 2.64. The van der Waals surface area contributed by atoms with E-state index in [2.05, 4.69) is 21.9 Å². The molecule has 0 aliphatic carbocycles. The third-order valence-corrected chi connectivity index (χ3v) is 2.09. The number of amides is 1. The van der Waals surface area contributed by atoms with Crippen LogP contribution in [0.25, 0.3) is 0 Å². The molecule has 4 nitrogen and oxygen atoms in total. The molecule has 1 rings (SSSR count). The Morgan fingerprint density at radius 3 is 2.70 bits per heavy atom. The molecule has 20 heavy (non-hydrogen) atoms. The van der Waals surface area contributed by atoms with Gasteiger partial charge in [-0.15, -0.1) is 13.2 Å². The van der Waals surface area contributed by atoms with Crippen molar-refractivity contribution in [3.05, 3.63) is 23.8 Å². The van der Waals surface area contributed by atoms with Crippen LogP contribution in [0.2, 0.25) is 0 Å². The normalized spacial score (nSPS) is 10.4. The van der Waals surface area contributed by atoms with Crippen molar-refractivity contribution in [2.24, 2.45) is 0 Å². The maximum Gasteiger partial charge on any atom is 0.573 e. The van der Waals surface area contributed by atoms with Crippen LogP contribution in [0, 0.1) is 11.8 Å². The largest absolute Gasteiger partial charge is 0.573 e. The summed E-state index contributed by atoms with van der Waals surface area (Å²) in [7, 11) is 0. The zero-order chi connectivity index (χ0) is 15.2. The number of nitrogens with two attached hydrogens (primary N) is 1. The molecule has 0 spiro atoms. The van der Waals surface area contributed by atoms with E-state index in [0.29, 0.717) is 18.5 Å². The fourth-order valence-corrected chi connectivity index (χ4v) is 1.31. The van der Waals surface area contributed by atoms with E-state index in [1.807, 2.05) is 0 Å². The van der Waals surface area contributed by atoms with E-state index >= 15 is 0 Å². The molecule has 1 aromatic carbocycles. The smallest absolute Gasteiger partial charge is 0.404 e. The first-order valence-electron chi connectivity index (χ1n) is 5.66. The molecule has 0 atom stereocenters. The molecule has 7 heteroatoms. The number of halogens is 3. The SMILES string of the molecule is CC(=O)NCCC#Cc1ccc(OC(F)(F)F)c(N)c1. The number of hydrogen-bond donors (Lipinski definition) is 2. The van der Waals surface area contributed by atoms with Crippen molar-refractivity contribution in [3.8, 4) is 17.6 Å². The van der Waals surface area contributed by atoms with Crippen LogP contribution in [0.1, 0.15) is 18.9 Å². The van der Waals surface area contributed by atoms with E-state index in [1.165, 1.54) is 19.1 Å². The summed E-state index contributed by atoms with van der Waals surface area (Å²) in [5.74, 6) is 4.89. The molecule has 0 aromatic heterocycles. The Morgan fingerprint density at radius 1 is 1.45 bits per heavy atom. The number of carbonyl (C=O) groups is 1. The lowest BCUT2D eigenvalue weighted by Crippen LogP contribution is -2.20. The predicted molar refractivity (Wildman–Crippen MR) is 67.7 cm³/mol. The number of carbonyl (C=O) groups excluding carboxylic acids is 1. The number of benzene rings is 1. The molecule has 108 valence electrons. The van der Waals surface area contributed by atoms with Gasteiger partial charge >= 0.3 is 6.36 Å². The molecule has 0 aliphatic rings. The first-order chi connectivity index (χ1) is 9.28. The molecule has 1 amide bonds. The van der Waals surface area contributed by atoms with Gasteiger partial charge in [-0.05, 0) is 18.2 Å². The number of nitrogen functional groups attached to an aromatic ring is 1. The molecule has 0 bridgehead atoms. The highest BCUT2D eigenvalue weighted by Crippen LogP contribution is 2.28. The second-order valence-corrected chi connectivity index (χ2v) is 3.84. The quantitative estimate of drug-likeness (QED) is 0.508. The minimum atomic E-state index is -4.78. The van der Waals surface area contributed by atoms with E-state index in [0.717, 1.165) is 6.07 Å². The van der Waals surface area contributed by atoms with Gasteiger partial charge in [-0.1, -0.05) is 11.8 Å². The summed E-state index contributed by atoms with van der Waals surface area (Å²) < 4.78 is 39.8. The maximum absolute atomic E-state index is 12.0. The summed E-state index contributed by atoms with van der Waals surface area (Å²) >= 11 is 0. The van der Waals surface area contributed by atoms with Crippen LogP contribution in [-0.2, 0) is 4.79 Å². The Bertz CT molecular complexity index is 545. The van der Waals surface area contributed by atoms with Crippen molar-refractivity contribution >= 4 is 11.6 Å². The van der Waals surface area contributed by atoms with Crippen LogP contribution in [0.5, 0.6) is 5.75 Å². The highest BCUT2D eigenvalue weighted by molar-refractivity contribution is 5.72. The summed E-state index contributed by atoms with van der Waals surface area (Å²) in [5.41, 5.74) is 5.78. The van der Waals surface area contributed by atoms with Gasteiger partial charge in [0.05, 0.1) is 5.69 Å². The lowest BCUT2D eigenvalue weighted by Gasteiger charge is -2.10. The number of alkyl halides is 3. The third kappa shape index (κ3) is 6.00. The monoisotopic (exact) mass is 286 g/mol. The minimum absolute atomic E-state index is 0.143. The van der Waals surface area contributed by atoms with Crippen molar-refractivity contribution in [1.82, 2.24) is 5.32 Å². The summed E-state index contributed by atoms with van der Waals surface area (Å²) in [6.07, 6.45) is -4.35. The standard InChI is InChI=1S/C13H13F3N2O2/c1-9(19)18-7-3-2-4-10-5-6-12(11(17)8-10)20-13(14,15)16/h5-6,8H,3,7,17H2,1H3,(H,18,19). The fourth-order valence-electron chi connectivity index (χ4n) is 1.31. The number of anilines is 1. The van der Waals surface area contributed by atoms with Crippen molar-refractivity contribution in [3.63, 3.8) is 0 Å². The number of ether oxygens (including phenoxy) is 1. The van der Waals surface area contributed by atoms with Crippen LogP contribution < -0.4 is 15.8 Å². The molecule has 0 aliphatic heterocycles. The molecule has 1 aromatic rings. The summed E-state index contributed by atoms with van der Waals surface area (Å²) in [5, 5.41) is 2.57. The van der Waals surface area contributed by atoms with Crippen LogP contribution in [0.3, 0.4) is 0 Å². The molecular weight excluding hydrogens is 273 g/mol.